The zero-order valence-electron chi connectivity index (χ0n) is 10.3. The van der Waals surface area contributed by atoms with E-state index in [0.717, 1.165) is 6.07 Å². The second kappa shape index (κ2) is 5.27. The second-order valence-corrected chi connectivity index (χ2v) is 3.96. The van der Waals surface area contributed by atoms with E-state index >= 15 is 0 Å². The SMILES string of the molecule is Nc1cc(Oc2ccc(C(F)(F)F)cc2[N+](=O)[O-])ccn1. The Labute approximate surface area is 116 Å². The Kier molecular flexibility index (Phi) is 3.66. The molecule has 1 aromatic heterocycles. The molecule has 0 atom stereocenters. The summed E-state index contributed by atoms with van der Waals surface area (Å²) >= 11 is 0. The maximum Gasteiger partial charge on any atom is 0.416 e. The third-order valence-electron chi connectivity index (χ3n) is 2.46. The average Bonchev–Trinajstić information content (AvgIpc) is 2.37. The van der Waals surface area contributed by atoms with Crippen molar-refractivity contribution in [3.63, 3.8) is 0 Å². The predicted octanol–water partition coefficient (Wildman–Crippen LogP) is 3.38. The minimum atomic E-state index is -4.68. The van der Waals surface area contributed by atoms with Gasteiger partial charge in [0.15, 0.2) is 0 Å². The summed E-state index contributed by atoms with van der Waals surface area (Å²) in [5.41, 5.74) is 3.50. The van der Waals surface area contributed by atoms with Crippen LogP contribution in [0.2, 0.25) is 0 Å². The Morgan fingerprint density at radius 1 is 1.24 bits per heavy atom. The number of nitrogen functional groups attached to an aromatic ring is 1. The van der Waals surface area contributed by atoms with Gasteiger partial charge in [-0.25, -0.2) is 4.98 Å². The maximum atomic E-state index is 12.6. The van der Waals surface area contributed by atoms with Gasteiger partial charge in [0.05, 0.1) is 10.5 Å². The summed E-state index contributed by atoms with van der Waals surface area (Å²) in [5, 5.41) is 10.9. The van der Waals surface area contributed by atoms with Crippen molar-refractivity contribution in [2.75, 3.05) is 5.73 Å². The fourth-order valence-corrected chi connectivity index (χ4v) is 1.54. The summed E-state index contributed by atoms with van der Waals surface area (Å²) in [6.45, 7) is 0. The van der Waals surface area contributed by atoms with Crippen molar-refractivity contribution in [2.45, 2.75) is 6.18 Å². The molecule has 0 fully saturated rings. The summed E-state index contributed by atoms with van der Waals surface area (Å²) in [7, 11) is 0. The Morgan fingerprint density at radius 2 is 1.95 bits per heavy atom. The van der Waals surface area contributed by atoms with Gasteiger partial charge in [-0.05, 0) is 18.2 Å². The fourth-order valence-electron chi connectivity index (χ4n) is 1.54. The van der Waals surface area contributed by atoms with Crippen LogP contribution in [0.5, 0.6) is 11.5 Å². The highest BCUT2D eigenvalue weighted by Crippen LogP contribution is 2.37. The predicted molar refractivity (Wildman–Crippen MR) is 66.8 cm³/mol. The molecule has 110 valence electrons. The third-order valence-corrected chi connectivity index (χ3v) is 2.46. The molecule has 0 bridgehead atoms. The molecule has 0 amide bonds. The number of nitrogens with two attached hydrogens (primary N) is 1. The standard InChI is InChI=1S/C12H8F3N3O3/c13-12(14,15)7-1-2-10(9(5-7)18(19)20)21-8-3-4-17-11(16)6-8/h1-6H,(H2,16,17). The summed E-state index contributed by atoms with van der Waals surface area (Å²) in [6, 6.07) is 4.67. The van der Waals surface area contributed by atoms with Crippen LogP contribution in [0.3, 0.4) is 0 Å². The normalized spacial score (nSPS) is 11.2. The Morgan fingerprint density at radius 3 is 2.52 bits per heavy atom. The van der Waals surface area contributed by atoms with Gasteiger partial charge in [-0.3, -0.25) is 10.1 Å². The highest BCUT2D eigenvalue weighted by molar-refractivity contribution is 5.51. The number of halogens is 3. The topological polar surface area (TPSA) is 91.3 Å². The zero-order valence-corrected chi connectivity index (χ0v) is 10.3. The van der Waals surface area contributed by atoms with Crippen LogP contribution in [0, 0.1) is 10.1 Å². The van der Waals surface area contributed by atoms with Gasteiger partial charge in [-0.2, -0.15) is 13.2 Å². The number of ether oxygens (including phenoxy) is 1. The minimum Gasteiger partial charge on any atom is -0.450 e. The van der Waals surface area contributed by atoms with Gasteiger partial charge in [0.2, 0.25) is 5.75 Å². The van der Waals surface area contributed by atoms with Gasteiger partial charge in [-0.15, -0.1) is 0 Å². The van der Waals surface area contributed by atoms with Gasteiger partial charge in [0, 0.05) is 18.3 Å². The molecule has 0 aliphatic heterocycles. The highest BCUT2D eigenvalue weighted by Gasteiger charge is 2.33. The van der Waals surface area contributed by atoms with E-state index in [0.29, 0.717) is 12.1 Å². The number of alkyl halides is 3. The first-order valence-electron chi connectivity index (χ1n) is 5.52. The molecule has 1 heterocycles. The molecule has 1 aromatic carbocycles. The number of hydrogen-bond donors (Lipinski definition) is 1. The van der Waals surface area contributed by atoms with E-state index in [4.69, 9.17) is 10.5 Å². The van der Waals surface area contributed by atoms with E-state index in [1.54, 1.807) is 0 Å². The first-order chi connectivity index (χ1) is 9.77. The molecule has 2 rings (SSSR count). The number of pyridine rings is 1. The quantitative estimate of drug-likeness (QED) is 0.693. The van der Waals surface area contributed by atoms with Crippen molar-refractivity contribution in [2.24, 2.45) is 0 Å². The van der Waals surface area contributed by atoms with Crippen molar-refractivity contribution in [1.29, 1.82) is 0 Å². The van der Waals surface area contributed by atoms with Crippen molar-refractivity contribution in [3.05, 3.63) is 52.2 Å². The molecule has 0 aliphatic carbocycles. The van der Waals surface area contributed by atoms with Crippen LogP contribution in [0.15, 0.2) is 36.5 Å². The van der Waals surface area contributed by atoms with Crippen LogP contribution in [0.1, 0.15) is 5.56 Å². The molecule has 0 radical (unpaired) electrons. The van der Waals surface area contributed by atoms with Crippen LogP contribution >= 0.6 is 0 Å². The van der Waals surface area contributed by atoms with Gasteiger partial charge >= 0.3 is 11.9 Å². The number of anilines is 1. The van der Waals surface area contributed by atoms with Crippen LogP contribution in [-0.2, 0) is 6.18 Å². The number of rotatable bonds is 3. The van der Waals surface area contributed by atoms with Crippen molar-refractivity contribution < 1.29 is 22.8 Å². The first kappa shape index (κ1) is 14.6. The Hall–Kier alpha value is -2.84. The number of aromatic nitrogens is 1. The maximum absolute atomic E-state index is 12.6. The molecule has 0 saturated heterocycles. The van der Waals surface area contributed by atoms with Crippen molar-refractivity contribution in [3.8, 4) is 11.5 Å². The number of nitro benzene ring substituents is 1. The number of nitro groups is 1. The Balaban J connectivity index is 2.42. The number of nitrogens with zero attached hydrogens (tertiary/aromatic N) is 2. The third kappa shape index (κ3) is 3.38. The van der Waals surface area contributed by atoms with Gasteiger partial charge in [0.1, 0.15) is 11.6 Å². The molecule has 9 heteroatoms. The summed E-state index contributed by atoms with van der Waals surface area (Å²) in [4.78, 5) is 13.6. The molecule has 6 nitrogen and oxygen atoms in total. The monoisotopic (exact) mass is 299 g/mol. The van der Waals surface area contributed by atoms with E-state index in [9.17, 15) is 23.3 Å². The summed E-state index contributed by atoms with van der Waals surface area (Å²) < 4.78 is 42.9. The lowest BCUT2D eigenvalue weighted by Gasteiger charge is -2.10. The fraction of sp³-hybridized carbons (Fsp3) is 0.0833. The van der Waals surface area contributed by atoms with Crippen LogP contribution in [0.25, 0.3) is 0 Å². The largest absolute Gasteiger partial charge is 0.450 e. The van der Waals surface area contributed by atoms with Crippen molar-refractivity contribution >= 4 is 11.5 Å². The smallest absolute Gasteiger partial charge is 0.416 e. The van der Waals surface area contributed by atoms with Crippen molar-refractivity contribution in [1.82, 2.24) is 4.98 Å². The first-order valence-corrected chi connectivity index (χ1v) is 5.52. The van der Waals surface area contributed by atoms with Crippen LogP contribution in [-0.4, -0.2) is 9.91 Å². The molecule has 2 aromatic rings. The second-order valence-electron chi connectivity index (χ2n) is 3.96. The molecule has 0 unspecified atom stereocenters. The number of benzene rings is 1. The van der Waals surface area contributed by atoms with E-state index < -0.39 is 22.4 Å². The molecular weight excluding hydrogens is 291 g/mol. The lowest BCUT2D eigenvalue weighted by Crippen LogP contribution is -2.06. The lowest BCUT2D eigenvalue weighted by atomic mass is 10.2. The zero-order chi connectivity index (χ0) is 15.6. The number of hydrogen-bond acceptors (Lipinski definition) is 5. The lowest BCUT2D eigenvalue weighted by molar-refractivity contribution is -0.385. The summed E-state index contributed by atoms with van der Waals surface area (Å²) in [5.74, 6) is -0.0778. The molecule has 0 spiro atoms. The molecule has 21 heavy (non-hydrogen) atoms. The Bertz CT molecular complexity index is 689. The van der Waals surface area contributed by atoms with E-state index in [1.165, 1.54) is 18.3 Å². The van der Waals surface area contributed by atoms with E-state index in [-0.39, 0.29) is 17.3 Å². The molecule has 0 saturated carbocycles. The molecular formula is C12H8F3N3O3. The highest BCUT2D eigenvalue weighted by atomic mass is 19.4. The van der Waals surface area contributed by atoms with Gasteiger partial charge < -0.3 is 10.5 Å². The molecule has 2 N–H and O–H groups in total. The van der Waals surface area contributed by atoms with Crippen LogP contribution < -0.4 is 10.5 Å². The minimum absolute atomic E-state index is 0.113. The average molecular weight is 299 g/mol. The van der Waals surface area contributed by atoms with Crippen LogP contribution in [0.4, 0.5) is 24.7 Å². The van der Waals surface area contributed by atoms with E-state index in [1.807, 2.05) is 0 Å². The van der Waals surface area contributed by atoms with Gasteiger partial charge in [0.25, 0.3) is 0 Å². The van der Waals surface area contributed by atoms with E-state index in [2.05, 4.69) is 4.98 Å². The summed E-state index contributed by atoms with van der Waals surface area (Å²) in [6.07, 6.45) is -3.37. The van der Waals surface area contributed by atoms with Gasteiger partial charge in [-0.1, -0.05) is 0 Å². The molecule has 0 aliphatic rings.